The molecule has 0 aliphatic rings. The Morgan fingerprint density at radius 1 is 1.18 bits per heavy atom. The van der Waals surface area contributed by atoms with Crippen molar-refractivity contribution in [3.05, 3.63) is 23.8 Å². The van der Waals surface area contributed by atoms with Crippen molar-refractivity contribution >= 4 is 12.6 Å². The monoisotopic (exact) mass is 255 g/mol. The van der Waals surface area contributed by atoms with Gasteiger partial charge in [-0.2, -0.15) is 12.6 Å². The summed E-state index contributed by atoms with van der Waals surface area (Å²) in [6.45, 7) is 1.95. The highest BCUT2D eigenvalue weighted by atomic mass is 32.1. The quantitative estimate of drug-likeness (QED) is 0.551. The van der Waals surface area contributed by atoms with Crippen LogP contribution in [0.15, 0.2) is 18.2 Å². The molecule has 96 valence electrons. The summed E-state index contributed by atoms with van der Waals surface area (Å²) in [5.41, 5.74) is 1.17. The second-order valence-electron chi connectivity index (χ2n) is 3.75. The van der Waals surface area contributed by atoms with Gasteiger partial charge in [-0.25, -0.2) is 0 Å². The third-order valence-corrected chi connectivity index (χ3v) is 2.89. The van der Waals surface area contributed by atoms with E-state index in [1.54, 1.807) is 14.2 Å². The van der Waals surface area contributed by atoms with Crippen LogP contribution in [0.5, 0.6) is 11.5 Å². The van der Waals surface area contributed by atoms with Gasteiger partial charge in [-0.05, 0) is 55.4 Å². The van der Waals surface area contributed by atoms with Crippen LogP contribution in [-0.2, 0) is 6.42 Å². The first-order valence-electron chi connectivity index (χ1n) is 5.84. The molecule has 0 bridgehead atoms. The van der Waals surface area contributed by atoms with Crippen LogP contribution in [0, 0.1) is 0 Å². The number of ether oxygens (including phenoxy) is 2. The fraction of sp³-hybridized carbons (Fsp3) is 0.538. The summed E-state index contributed by atoms with van der Waals surface area (Å²) < 4.78 is 10.5. The van der Waals surface area contributed by atoms with E-state index in [0.717, 1.165) is 43.2 Å². The third-order valence-electron chi connectivity index (χ3n) is 2.57. The van der Waals surface area contributed by atoms with Crippen LogP contribution >= 0.6 is 12.6 Å². The predicted octanol–water partition coefficient (Wildman–Crippen LogP) is 2.16. The third kappa shape index (κ3) is 4.88. The first-order chi connectivity index (χ1) is 8.31. The molecule has 3 nitrogen and oxygen atoms in total. The SMILES string of the molecule is COc1ccc(OC)c(CCNCCCS)c1. The standard InChI is InChI=1S/C13H21NO2S/c1-15-12-4-5-13(16-2)11(10-12)6-8-14-7-3-9-17/h4-5,10,14,17H,3,6-9H2,1-2H3. The van der Waals surface area contributed by atoms with Crippen LogP contribution < -0.4 is 14.8 Å². The van der Waals surface area contributed by atoms with Crippen molar-refractivity contribution in [2.75, 3.05) is 33.1 Å². The van der Waals surface area contributed by atoms with E-state index < -0.39 is 0 Å². The number of thiol groups is 1. The number of rotatable bonds is 8. The fourth-order valence-corrected chi connectivity index (χ4v) is 1.79. The molecule has 1 aromatic rings. The van der Waals surface area contributed by atoms with Crippen LogP contribution in [0.25, 0.3) is 0 Å². The minimum Gasteiger partial charge on any atom is -0.497 e. The highest BCUT2D eigenvalue weighted by Gasteiger charge is 2.04. The van der Waals surface area contributed by atoms with Gasteiger partial charge in [-0.15, -0.1) is 0 Å². The maximum atomic E-state index is 5.33. The average Bonchev–Trinajstić information content (AvgIpc) is 2.38. The van der Waals surface area contributed by atoms with E-state index in [1.165, 1.54) is 5.56 Å². The molecule has 4 heteroatoms. The Morgan fingerprint density at radius 3 is 2.65 bits per heavy atom. The lowest BCUT2D eigenvalue weighted by molar-refractivity contribution is 0.398. The lowest BCUT2D eigenvalue weighted by Gasteiger charge is -2.10. The van der Waals surface area contributed by atoms with E-state index in [-0.39, 0.29) is 0 Å². The van der Waals surface area contributed by atoms with Crippen LogP contribution in [0.1, 0.15) is 12.0 Å². The maximum Gasteiger partial charge on any atom is 0.122 e. The first kappa shape index (κ1) is 14.2. The molecule has 0 aliphatic heterocycles. The zero-order valence-electron chi connectivity index (χ0n) is 10.5. The zero-order chi connectivity index (χ0) is 12.5. The minimum atomic E-state index is 0.871. The molecular formula is C13H21NO2S. The smallest absolute Gasteiger partial charge is 0.122 e. The van der Waals surface area contributed by atoms with Crippen molar-refractivity contribution in [1.29, 1.82) is 0 Å². The molecule has 0 spiro atoms. The summed E-state index contributed by atoms with van der Waals surface area (Å²) in [5.74, 6) is 2.72. The van der Waals surface area contributed by atoms with Gasteiger partial charge in [0.25, 0.3) is 0 Å². The van der Waals surface area contributed by atoms with Gasteiger partial charge in [0.1, 0.15) is 11.5 Å². The van der Waals surface area contributed by atoms with Crippen molar-refractivity contribution in [3.63, 3.8) is 0 Å². The zero-order valence-corrected chi connectivity index (χ0v) is 11.4. The summed E-state index contributed by atoms with van der Waals surface area (Å²) in [5, 5.41) is 3.38. The second-order valence-corrected chi connectivity index (χ2v) is 4.20. The summed E-state index contributed by atoms with van der Waals surface area (Å²) >= 11 is 4.17. The molecule has 0 aliphatic carbocycles. The van der Waals surface area contributed by atoms with Crippen LogP contribution in [0.3, 0.4) is 0 Å². The van der Waals surface area contributed by atoms with Gasteiger partial charge in [-0.3, -0.25) is 0 Å². The van der Waals surface area contributed by atoms with Gasteiger partial charge in [0.2, 0.25) is 0 Å². The molecule has 1 rings (SSSR count). The molecule has 0 saturated heterocycles. The number of methoxy groups -OCH3 is 2. The van der Waals surface area contributed by atoms with Crippen molar-refractivity contribution < 1.29 is 9.47 Å². The highest BCUT2D eigenvalue weighted by molar-refractivity contribution is 7.80. The Morgan fingerprint density at radius 2 is 2.00 bits per heavy atom. The van der Waals surface area contributed by atoms with Crippen molar-refractivity contribution in [1.82, 2.24) is 5.32 Å². The molecular weight excluding hydrogens is 234 g/mol. The number of nitrogens with one attached hydrogen (secondary N) is 1. The van der Waals surface area contributed by atoms with E-state index in [9.17, 15) is 0 Å². The number of hydrogen-bond donors (Lipinski definition) is 2. The largest absolute Gasteiger partial charge is 0.497 e. The second kappa shape index (κ2) is 8.25. The lowest BCUT2D eigenvalue weighted by atomic mass is 10.1. The van der Waals surface area contributed by atoms with Crippen molar-refractivity contribution in [3.8, 4) is 11.5 Å². The maximum absolute atomic E-state index is 5.33. The van der Waals surface area contributed by atoms with E-state index in [1.807, 2.05) is 18.2 Å². The van der Waals surface area contributed by atoms with Crippen molar-refractivity contribution in [2.24, 2.45) is 0 Å². The van der Waals surface area contributed by atoms with E-state index in [2.05, 4.69) is 17.9 Å². The summed E-state index contributed by atoms with van der Waals surface area (Å²) in [7, 11) is 3.37. The fourth-order valence-electron chi connectivity index (χ4n) is 1.63. The van der Waals surface area contributed by atoms with Crippen molar-refractivity contribution in [2.45, 2.75) is 12.8 Å². The molecule has 0 atom stereocenters. The lowest BCUT2D eigenvalue weighted by Crippen LogP contribution is -2.19. The van der Waals surface area contributed by atoms with Crippen LogP contribution in [0.4, 0.5) is 0 Å². The minimum absolute atomic E-state index is 0.871. The van der Waals surface area contributed by atoms with Crippen LogP contribution in [0.2, 0.25) is 0 Å². The molecule has 0 saturated carbocycles. The molecule has 0 fully saturated rings. The molecule has 0 radical (unpaired) electrons. The number of hydrogen-bond acceptors (Lipinski definition) is 4. The Hall–Kier alpha value is -0.870. The molecule has 17 heavy (non-hydrogen) atoms. The van der Waals surface area contributed by atoms with E-state index >= 15 is 0 Å². The highest BCUT2D eigenvalue weighted by Crippen LogP contribution is 2.23. The summed E-state index contributed by atoms with van der Waals surface area (Å²) in [6.07, 6.45) is 2.03. The van der Waals surface area contributed by atoms with Gasteiger partial charge in [0.05, 0.1) is 14.2 Å². The first-order valence-corrected chi connectivity index (χ1v) is 6.47. The summed E-state index contributed by atoms with van der Waals surface area (Å²) in [6, 6.07) is 5.89. The van der Waals surface area contributed by atoms with Gasteiger partial charge >= 0.3 is 0 Å². The average molecular weight is 255 g/mol. The van der Waals surface area contributed by atoms with Gasteiger partial charge < -0.3 is 14.8 Å². The Kier molecular flexibility index (Phi) is 6.89. The molecule has 1 aromatic carbocycles. The molecule has 0 unspecified atom stereocenters. The van der Waals surface area contributed by atoms with Gasteiger partial charge in [0, 0.05) is 0 Å². The molecule has 1 N–H and O–H groups in total. The Bertz CT molecular complexity index is 331. The molecule has 0 heterocycles. The molecule has 0 amide bonds. The van der Waals surface area contributed by atoms with E-state index in [4.69, 9.17) is 9.47 Å². The Labute approximate surface area is 109 Å². The Balaban J connectivity index is 2.49. The van der Waals surface area contributed by atoms with Gasteiger partial charge in [-0.1, -0.05) is 0 Å². The van der Waals surface area contributed by atoms with Gasteiger partial charge in [0.15, 0.2) is 0 Å². The number of benzene rings is 1. The normalized spacial score (nSPS) is 10.3. The van der Waals surface area contributed by atoms with E-state index in [0.29, 0.717) is 0 Å². The molecule has 0 aromatic heterocycles. The predicted molar refractivity (Wildman–Crippen MR) is 74.6 cm³/mol. The topological polar surface area (TPSA) is 30.5 Å². The summed E-state index contributed by atoms with van der Waals surface area (Å²) in [4.78, 5) is 0. The van der Waals surface area contributed by atoms with Crippen LogP contribution in [-0.4, -0.2) is 33.1 Å².